The van der Waals surface area contributed by atoms with Crippen molar-refractivity contribution in [3.63, 3.8) is 0 Å². The Kier molecular flexibility index (Phi) is 3.22. The third kappa shape index (κ3) is 2.52. The Labute approximate surface area is 104 Å². The van der Waals surface area contributed by atoms with Crippen LogP contribution in [0.25, 0.3) is 0 Å². The van der Waals surface area contributed by atoms with Gasteiger partial charge in [0.25, 0.3) is 0 Å². The molecule has 0 radical (unpaired) electrons. The van der Waals surface area contributed by atoms with E-state index in [1.54, 1.807) is 12.3 Å². The summed E-state index contributed by atoms with van der Waals surface area (Å²) in [6.45, 7) is 1.89. The fourth-order valence-corrected chi connectivity index (χ4v) is 1.61. The number of aromatic nitrogens is 2. The van der Waals surface area contributed by atoms with Gasteiger partial charge in [-0.15, -0.1) is 0 Å². The number of anilines is 2. The third-order valence-corrected chi connectivity index (χ3v) is 2.46. The van der Waals surface area contributed by atoms with Gasteiger partial charge < -0.3 is 5.32 Å². The minimum atomic E-state index is 0.168. The molecule has 5 heteroatoms. The first-order valence-electron chi connectivity index (χ1n) is 4.96. The predicted octanol–water partition coefficient (Wildman–Crippen LogP) is 3.05. The molecule has 1 aromatic heterocycles. The first kappa shape index (κ1) is 11.4. The van der Waals surface area contributed by atoms with Crippen LogP contribution in [-0.2, 0) is 0 Å². The minimum absolute atomic E-state index is 0.168. The molecule has 0 aliphatic heterocycles. The fraction of sp³-hybridized carbons (Fsp3) is 0.0833. The normalized spacial score (nSPS) is 9.71. The highest BCUT2D eigenvalue weighted by molar-refractivity contribution is 6.28. The van der Waals surface area contributed by atoms with Crippen LogP contribution in [0.5, 0.6) is 0 Å². The maximum atomic E-state index is 9.08. The minimum Gasteiger partial charge on any atom is -0.339 e. The maximum Gasteiger partial charge on any atom is 0.224 e. The van der Waals surface area contributed by atoms with E-state index in [2.05, 4.69) is 21.4 Å². The predicted molar refractivity (Wildman–Crippen MR) is 66.2 cm³/mol. The van der Waals surface area contributed by atoms with E-state index in [0.717, 1.165) is 5.56 Å². The highest BCUT2D eigenvalue weighted by atomic mass is 35.5. The molecule has 0 aliphatic carbocycles. The van der Waals surface area contributed by atoms with E-state index >= 15 is 0 Å². The Hall–Kier alpha value is -2.12. The zero-order valence-corrected chi connectivity index (χ0v) is 9.86. The van der Waals surface area contributed by atoms with Gasteiger partial charge in [0.2, 0.25) is 5.28 Å². The van der Waals surface area contributed by atoms with Crippen LogP contribution in [0.4, 0.5) is 11.5 Å². The molecule has 2 aromatic rings. The molecule has 2 rings (SSSR count). The number of nitrogens with zero attached hydrogens (tertiary/aromatic N) is 3. The van der Waals surface area contributed by atoms with Crippen LogP contribution in [-0.4, -0.2) is 9.97 Å². The molecule has 4 nitrogen and oxygen atoms in total. The Morgan fingerprint density at radius 3 is 2.88 bits per heavy atom. The molecule has 17 heavy (non-hydrogen) atoms. The van der Waals surface area contributed by atoms with E-state index in [0.29, 0.717) is 17.1 Å². The lowest BCUT2D eigenvalue weighted by Gasteiger charge is -2.08. The second-order valence-corrected chi connectivity index (χ2v) is 3.78. The van der Waals surface area contributed by atoms with Crippen LogP contribution in [0, 0.1) is 18.3 Å². The lowest BCUT2D eigenvalue weighted by Crippen LogP contribution is -1.98. The summed E-state index contributed by atoms with van der Waals surface area (Å²) in [5, 5.41) is 12.3. The molecular weight excluding hydrogens is 236 g/mol. The first-order valence-corrected chi connectivity index (χ1v) is 5.34. The average molecular weight is 245 g/mol. The summed E-state index contributed by atoms with van der Waals surface area (Å²) in [5.74, 6) is 0.562. The van der Waals surface area contributed by atoms with Crippen LogP contribution in [0.15, 0.2) is 30.5 Å². The number of benzene rings is 1. The van der Waals surface area contributed by atoms with Crippen LogP contribution in [0.2, 0.25) is 5.28 Å². The number of halogens is 1. The van der Waals surface area contributed by atoms with Gasteiger partial charge in [-0.2, -0.15) is 5.26 Å². The molecule has 0 bridgehead atoms. The van der Waals surface area contributed by atoms with Crippen LogP contribution < -0.4 is 5.32 Å². The standard InChI is InChI=1S/C12H9ClN4/c1-8-3-2-4-10(9(8)7-14)16-11-5-6-15-12(13)17-11/h2-6H,1H3,(H,15,16,17). The average Bonchev–Trinajstić information content (AvgIpc) is 2.29. The summed E-state index contributed by atoms with van der Waals surface area (Å²) in [4.78, 5) is 7.80. The van der Waals surface area contributed by atoms with E-state index in [9.17, 15) is 0 Å². The van der Waals surface area contributed by atoms with Gasteiger partial charge in [-0.05, 0) is 36.2 Å². The van der Waals surface area contributed by atoms with Crippen molar-refractivity contribution in [1.29, 1.82) is 5.26 Å². The number of nitriles is 1. The summed E-state index contributed by atoms with van der Waals surface area (Å²) < 4.78 is 0. The lowest BCUT2D eigenvalue weighted by atomic mass is 10.1. The van der Waals surface area contributed by atoms with Crippen molar-refractivity contribution >= 4 is 23.1 Å². The Bertz CT molecular complexity index is 589. The summed E-state index contributed by atoms with van der Waals surface area (Å²) in [6, 6.07) is 9.43. The van der Waals surface area contributed by atoms with Gasteiger partial charge in [-0.3, -0.25) is 0 Å². The molecule has 0 atom stereocenters. The SMILES string of the molecule is Cc1cccc(Nc2ccnc(Cl)n2)c1C#N. The molecule has 84 valence electrons. The largest absolute Gasteiger partial charge is 0.339 e. The van der Waals surface area contributed by atoms with Crippen molar-refractivity contribution in [2.75, 3.05) is 5.32 Å². The molecule has 1 aromatic carbocycles. The molecule has 0 spiro atoms. The van der Waals surface area contributed by atoms with Gasteiger partial charge in [0.15, 0.2) is 0 Å². The molecule has 1 heterocycles. The molecule has 1 N–H and O–H groups in total. The summed E-state index contributed by atoms with van der Waals surface area (Å²) in [6.07, 6.45) is 1.56. The Morgan fingerprint density at radius 2 is 2.18 bits per heavy atom. The van der Waals surface area contributed by atoms with Crippen molar-refractivity contribution < 1.29 is 0 Å². The smallest absolute Gasteiger partial charge is 0.224 e. The van der Waals surface area contributed by atoms with Crippen LogP contribution in [0.1, 0.15) is 11.1 Å². The van der Waals surface area contributed by atoms with E-state index in [1.165, 1.54) is 0 Å². The lowest BCUT2D eigenvalue weighted by molar-refractivity contribution is 1.17. The number of aryl methyl sites for hydroxylation is 1. The zero-order valence-electron chi connectivity index (χ0n) is 9.11. The van der Waals surface area contributed by atoms with Crippen molar-refractivity contribution in [1.82, 2.24) is 9.97 Å². The van der Waals surface area contributed by atoms with E-state index in [1.807, 2.05) is 25.1 Å². The van der Waals surface area contributed by atoms with Crippen LogP contribution in [0.3, 0.4) is 0 Å². The Balaban J connectivity index is 2.37. The number of hydrogen-bond donors (Lipinski definition) is 1. The van der Waals surface area contributed by atoms with Crippen molar-refractivity contribution in [2.24, 2.45) is 0 Å². The summed E-state index contributed by atoms with van der Waals surface area (Å²) in [7, 11) is 0. The molecule has 0 aliphatic rings. The molecule has 0 amide bonds. The van der Waals surface area contributed by atoms with Gasteiger partial charge in [0.05, 0.1) is 11.3 Å². The molecule has 0 unspecified atom stereocenters. The van der Waals surface area contributed by atoms with E-state index < -0.39 is 0 Å². The second-order valence-electron chi connectivity index (χ2n) is 3.45. The van der Waals surface area contributed by atoms with Crippen molar-refractivity contribution in [2.45, 2.75) is 6.92 Å². The van der Waals surface area contributed by atoms with Crippen molar-refractivity contribution in [3.05, 3.63) is 46.9 Å². The highest BCUT2D eigenvalue weighted by Crippen LogP contribution is 2.22. The summed E-state index contributed by atoms with van der Waals surface area (Å²) >= 11 is 5.69. The number of rotatable bonds is 2. The first-order chi connectivity index (χ1) is 8.20. The zero-order chi connectivity index (χ0) is 12.3. The van der Waals surface area contributed by atoms with Gasteiger partial charge in [-0.1, -0.05) is 12.1 Å². The second kappa shape index (κ2) is 4.81. The third-order valence-electron chi connectivity index (χ3n) is 2.27. The van der Waals surface area contributed by atoms with Gasteiger partial charge in [0, 0.05) is 6.20 Å². The number of hydrogen-bond acceptors (Lipinski definition) is 4. The van der Waals surface area contributed by atoms with Crippen molar-refractivity contribution in [3.8, 4) is 6.07 Å². The molecule has 0 saturated carbocycles. The van der Waals surface area contributed by atoms with E-state index in [-0.39, 0.29) is 5.28 Å². The van der Waals surface area contributed by atoms with Gasteiger partial charge >= 0.3 is 0 Å². The quantitative estimate of drug-likeness (QED) is 0.825. The van der Waals surface area contributed by atoms with Gasteiger partial charge in [0.1, 0.15) is 11.9 Å². The number of nitrogens with one attached hydrogen (secondary N) is 1. The van der Waals surface area contributed by atoms with Gasteiger partial charge in [-0.25, -0.2) is 9.97 Å². The van der Waals surface area contributed by atoms with Crippen LogP contribution >= 0.6 is 11.6 Å². The molecule has 0 fully saturated rings. The maximum absolute atomic E-state index is 9.08. The van der Waals surface area contributed by atoms with E-state index in [4.69, 9.17) is 16.9 Å². The molecular formula is C12H9ClN4. The monoisotopic (exact) mass is 244 g/mol. The highest BCUT2D eigenvalue weighted by Gasteiger charge is 2.05. The molecule has 0 saturated heterocycles. The fourth-order valence-electron chi connectivity index (χ4n) is 1.46. The Morgan fingerprint density at radius 1 is 1.35 bits per heavy atom. The topological polar surface area (TPSA) is 61.6 Å². The summed E-state index contributed by atoms with van der Waals surface area (Å²) in [5.41, 5.74) is 2.22.